The zero-order chi connectivity index (χ0) is 15.9. The standard InChI is InChI=1S/C15H28N2O3S/c1-14(2,10-7-12(18)19)17-13(20)16-11-15(21-3)8-5-4-6-9-15/h4-11H2,1-3H3,(H,18,19)(H2,16,17,20). The van der Waals surface area contributed by atoms with Gasteiger partial charge in [0.15, 0.2) is 0 Å². The normalized spacial score (nSPS) is 18.0. The first kappa shape index (κ1) is 18.1. The lowest BCUT2D eigenvalue weighted by atomic mass is 9.88. The maximum absolute atomic E-state index is 12.0. The Kier molecular flexibility index (Phi) is 6.84. The molecule has 3 N–H and O–H groups in total. The van der Waals surface area contributed by atoms with Crippen molar-refractivity contribution in [1.29, 1.82) is 0 Å². The first-order valence-corrected chi connectivity index (χ1v) is 8.84. The van der Waals surface area contributed by atoms with Crippen molar-refractivity contribution in [2.45, 2.75) is 69.1 Å². The van der Waals surface area contributed by atoms with Gasteiger partial charge in [-0.25, -0.2) is 4.79 Å². The smallest absolute Gasteiger partial charge is 0.315 e. The van der Waals surface area contributed by atoms with Gasteiger partial charge < -0.3 is 15.7 Å². The third-order valence-electron chi connectivity index (χ3n) is 4.18. The summed E-state index contributed by atoms with van der Waals surface area (Å²) in [6.07, 6.45) is 8.64. The van der Waals surface area contributed by atoms with Gasteiger partial charge in [0.05, 0.1) is 0 Å². The number of rotatable bonds is 7. The Balaban J connectivity index is 2.40. The van der Waals surface area contributed by atoms with E-state index in [0.717, 1.165) is 12.8 Å². The zero-order valence-corrected chi connectivity index (χ0v) is 14.1. The average molecular weight is 316 g/mol. The van der Waals surface area contributed by atoms with Crippen LogP contribution in [-0.4, -0.2) is 40.2 Å². The topological polar surface area (TPSA) is 78.4 Å². The van der Waals surface area contributed by atoms with Gasteiger partial charge in [-0.05, 0) is 39.4 Å². The SMILES string of the molecule is CSC1(CNC(=O)NC(C)(C)CCC(=O)O)CCCCC1. The molecule has 0 aromatic carbocycles. The van der Waals surface area contributed by atoms with Gasteiger partial charge >= 0.3 is 12.0 Å². The third-order valence-corrected chi connectivity index (χ3v) is 5.60. The van der Waals surface area contributed by atoms with Crippen molar-refractivity contribution >= 4 is 23.8 Å². The highest BCUT2D eigenvalue weighted by molar-refractivity contribution is 8.00. The van der Waals surface area contributed by atoms with Crippen LogP contribution in [0.4, 0.5) is 4.79 Å². The molecule has 5 nitrogen and oxygen atoms in total. The Morgan fingerprint density at radius 1 is 1.24 bits per heavy atom. The number of thioether (sulfide) groups is 1. The molecule has 0 aliphatic heterocycles. The molecule has 0 radical (unpaired) electrons. The predicted octanol–water partition coefficient (Wildman–Crippen LogP) is 2.99. The van der Waals surface area contributed by atoms with E-state index in [0.29, 0.717) is 13.0 Å². The third kappa shape index (κ3) is 6.59. The summed E-state index contributed by atoms with van der Waals surface area (Å²) in [4.78, 5) is 22.6. The van der Waals surface area contributed by atoms with Gasteiger partial charge in [-0.1, -0.05) is 19.3 Å². The molecule has 0 bridgehead atoms. The molecule has 1 rings (SSSR count). The Morgan fingerprint density at radius 3 is 2.38 bits per heavy atom. The molecule has 0 aromatic heterocycles. The second kappa shape index (κ2) is 7.92. The van der Waals surface area contributed by atoms with Gasteiger partial charge in [0.1, 0.15) is 0 Å². The highest BCUT2D eigenvalue weighted by atomic mass is 32.2. The molecule has 1 aliphatic carbocycles. The molecule has 1 aliphatic rings. The Hall–Kier alpha value is -0.910. The molecule has 0 atom stereocenters. The minimum atomic E-state index is -0.839. The van der Waals surface area contributed by atoms with Crippen molar-refractivity contribution in [2.75, 3.05) is 12.8 Å². The van der Waals surface area contributed by atoms with E-state index in [-0.39, 0.29) is 17.2 Å². The van der Waals surface area contributed by atoms with E-state index in [9.17, 15) is 9.59 Å². The van der Waals surface area contributed by atoms with E-state index in [1.807, 2.05) is 25.6 Å². The highest BCUT2D eigenvalue weighted by Crippen LogP contribution is 2.37. The van der Waals surface area contributed by atoms with Crippen LogP contribution in [0.25, 0.3) is 0 Å². The Bertz CT molecular complexity index is 366. The van der Waals surface area contributed by atoms with Crippen LogP contribution < -0.4 is 10.6 Å². The quantitative estimate of drug-likeness (QED) is 0.674. The lowest BCUT2D eigenvalue weighted by molar-refractivity contribution is -0.137. The van der Waals surface area contributed by atoms with Crippen LogP contribution in [0.1, 0.15) is 58.8 Å². The summed E-state index contributed by atoms with van der Waals surface area (Å²) >= 11 is 1.85. The van der Waals surface area contributed by atoms with Gasteiger partial charge in [-0.15, -0.1) is 0 Å². The fourth-order valence-corrected chi connectivity index (χ4v) is 3.64. The molecule has 2 amide bonds. The van der Waals surface area contributed by atoms with E-state index in [1.165, 1.54) is 19.3 Å². The van der Waals surface area contributed by atoms with Crippen molar-refractivity contribution < 1.29 is 14.7 Å². The van der Waals surface area contributed by atoms with Crippen LogP contribution in [0.5, 0.6) is 0 Å². The number of hydrogen-bond donors (Lipinski definition) is 3. The van der Waals surface area contributed by atoms with Crippen molar-refractivity contribution in [3.63, 3.8) is 0 Å². The Labute approximate surface area is 131 Å². The molecule has 0 unspecified atom stereocenters. The van der Waals surface area contributed by atoms with Gasteiger partial charge in [-0.3, -0.25) is 4.79 Å². The summed E-state index contributed by atoms with van der Waals surface area (Å²) < 4.78 is 0.167. The number of carboxylic acids is 1. The molecule has 0 heterocycles. The summed E-state index contributed by atoms with van der Waals surface area (Å²) in [6, 6.07) is -0.204. The number of nitrogens with one attached hydrogen (secondary N) is 2. The maximum atomic E-state index is 12.0. The van der Waals surface area contributed by atoms with Crippen LogP contribution >= 0.6 is 11.8 Å². The largest absolute Gasteiger partial charge is 0.481 e. The van der Waals surface area contributed by atoms with Crippen LogP contribution in [0.3, 0.4) is 0 Å². The Morgan fingerprint density at radius 2 is 1.86 bits per heavy atom. The van der Waals surface area contributed by atoms with E-state index in [1.54, 1.807) is 0 Å². The highest BCUT2D eigenvalue weighted by Gasteiger charge is 2.32. The first-order chi connectivity index (χ1) is 9.79. The molecule has 1 fully saturated rings. The van der Waals surface area contributed by atoms with Crippen molar-refractivity contribution in [3.8, 4) is 0 Å². The fraction of sp³-hybridized carbons (Fsp3) is 0.867. The minimum Gasteiger partial charge on any atom is -0.481 e. The predicted molar refractivity (Wildman–Crippen MR) is 86.8 cm³/mol. The minimum absolute atomic E-state index is 0.0576. The number of urea groups is 1. The summed E-state index contributed by atoms with van der Waals surface area (Å²) in [5, 5.41) is 14.6. The van der Waals surface area contributed by atoms with E-state index < -0.39 is 11.5 Å². The van der Waals surface area contributed by atoms with Gasteiger partial charge in [0, 0.05) is 23.3 Å². The van der Waals surface area contributed by atoms with Gasteiger partial charge in [-0.2, -0.15) is 11.8 Å². The molecule has 6 heteroatoms. The van der Waals surface area contributed by atoms with Gasteiger partial charge in [0.2, 0.25) is 0 Å². The fourth-order valence-electron chi connectivity index (χ4n) is 2.72. The number of carboxylic acid groups (broad SMARTS) is 1. The van der Waals surface area contributed by atoms with Crippen molar-refractivity contribution in [3.05, 3.63) is 0 Å². The molecule has 0 saturated heterocycles. The van der Waals surface area contributed by atoms with Crippen LogP contribution in [0.15, 0.2) is 0 Å². The van der Waals surface area contributed by atoms with E-state index in [2.05, 4.69) is 16.9 Å². The van der Waals surface area contributed by atoms with E-state index >= 15 is 0 Å². The maximum Gasteiger partial charge on any atom is 0.315 e. The number of hydrogen-bond acceptors (Lipinski definition) is 3. The van der Waals surface area contributed by atoms with Crippen LogP contribution in [0, 0.1) is 0 Å². The number of carbonyl (C=O) groups excluding carboxylic acids is 1. The summed E-state index contributed by atoms with van der Waals surface area (Å²) in [5.41, 5.74) is -0.512. The van der Waals surface area contributed by atoms with E-state index in [4.69, 9.17) is 5.11 Å². The molecular formula is C15H28N2O3S. The first-order valence-electron chi connectivity index (χ1n) is 7.62. The summed E-state index contributed by atoms with van der Waals surface area (Å²) in [6.45, 7) is 4.37. The monoisotopic (exact) mass is 316 g/mol. The summed E-state index contributed by atoms with van der Waals surface area (Å²) in [5.74, 6) is -0.839. The molecule has 122 valence electrons. The molecule has 0 aromatic rings. The van der Waals surface area contributed by atoms with Gasteiger partial charge in [0.25, 0.3) is 0 Å². The number of amides is 2. The van der Waals surface area contributed by atoms with Crippen LogP contribution in [-0.2, 0) is 4.79 Å². The lowest BCUT2D eigenvalue weighted by Crippen LogP contribution is -2.51. The molecular weight excluding hydrogens is 288 g/mol. The molecule has 0 spiro atoms. The van der Waals surface area contributed by atoms with Crippen molar-refractivity contribution in [1.82, 2.24) is 10.6 Å². The van der Waals surface area contributed by atoms with Crippen LogP contribution in [0.2, 0.25) is 0 Å². The second-order valence-electron chi connectivity index (χ2n) is 6.53. The lowest BCUT2D eigenvalue weighted by Gasteiger charge is -2.36. The van der Waals surface area contributed by atoms with Crippen molar-refractivity contribution in [2.24, 2.45) is 0 Å². The average Bonchev–Trinajstić information content (AvgIpc) is 2.44. The number of aliphatic carboxylic acids is 1. The zero-order valence-electron chi connectivity index (χ0n) is 13.3. The second-order valence-corrected chi connectivity index (χ2v) is 7.81. The molecule has 1 saturated carbocycles. The summed E-state index contributed by atoms with van der Waals surface area (Å²) in [7, 11) is 0. The molecule has 21 heavy (non-hydrogen) atoms. The number of carbonyl (C=O) groups is 2.